The summed E-state index contributed by atoms with van der Waals surface area (Å²) in [6.07, 6.45) is 3.11. The maximum atomic E-state index is 13.4. The van der Waals surface area contributed by atoms with Gasteiger partial charge in [-0.3, -0.25) is 4.79 Å². The molecule has 1 fully saturated rings. The van der Waals surface area contributed by atoms with Crippen LogP contribution in [0.1, 0.15) is 29.6 Å². The summed E-state index contributed by atoms with van der Waals surface area (Å²) in [6, 6.07) is 23.9. The number of halogens is 1. The standard InChI is InChI=1S/C26H26FNO2/c27-22-13-15-23(16-14-22)30-18-6-17-28(19-20-11-12-20)26(29)25-10-5-4-9-24(25)21-7-2-1-3-8-21/h1-5,7-10,13-16,20H,6,11-12,17-19H2. The van der Waals surface area contributed by atoms with E-state index in [2.05, 4.69) is 0 Å². The molecule has 3 nitrogen and oxygen atoms in total. The number of ether oxygens (including phenoxy) is 1. The number of benzene rings is 3. The topological polar surface area (TPSA) is 29.5 Å². The van der Waals surface area contributed by atoms with Crippen molar-refractivity contribution in [1.29, 1.82) is 0 Å². The quantitative estimate of drug-likeness (QED) is 0.422. The highest BCUT2D eigenvalue weighted by Gasteiger charge is 2.28. The summed E-state index contributed by atoms with van der Waals surface area (Å²) in [5, 5.41) is 0. The van der Waals surface area contributed by atoms with E-state index < -0.39 is 0 Å². The molecule has 0 radical (unpaired) electrons. The SMILES string of the molecule is O=C(c1ccccc1-c1ccccc1)N(CCCOc1ccc(F)cc1)CC1CC1. The third-order valence-electron chi connectivity index (χ3n) is 5.36. The number of carbonyl (C=O) groups is 1. The zero-order valence-corrected chi connectivity index (χ0v) is 17.0. The zero-order valence-electron chi connectivity index (χ0n) is 17.0. The first-order valence-electron chi connectivity index (χ1n) is 10.5. The predicted molar refractivity (Wildman–Crippen MR) is 117 cm³/mol. The smallest absolute Gasteiger partial charge is 0.254 e. The van der Waals surface area contributed by atoms with E-state index >= 15 is 0 Å². The minimum Gasteiger partial charge on any atom is -0.494 e. The van der Waals surface area contributed by atoms with Crippen molar-refractivity contribution in [3.63, 3.8) is 0 Å². The minimum absolute atomic E-state index is 0.0723. The number of hydrogen-bond acceptors (Lipinski definition) is 2. The van der Waals surface area contributed by atoms with Crippen molar-refractivity contribution >= 4 is 5.91 Å². The molecule has 0 aliphatic heterocycles. The van der Waals surface area contributed by atoms with Gasteiger partial charge < -0.3 is 9.64 Å². The van der Waals surface area contributed by atoms with Crippen LogP contribution in [0, 0.1) is 11.7 Å². The van der Waals surface area contributed by atoms with Crippen LogP contribution in [0.2, 0.25) is 0 Å². The van der Waals surface area contributed by atoms with E-state index in [-0.39, 0.29) is 11.7 Å². The summed E-state index contributed by atoms with van der Waals surface area (Å²) >= 11 is 0. The Morgan fingerprint density at radius 2 is 1.63 bits per heavy atom. The lowest BCUT2D eigenvalue weighted by molar-refractivity contribution is 0.0739. The zero-order chi connectivity index (χ0) is 20.8. The molecule has 0 N–H and O–H groups in total. The Hall–Kier alpha value is -3.14. The first-order chi connectivity index (χ1) is 14.7. The van der Waals surface area contributed by atoms with Gasteiger partial charge in [0.1, 0.15) is 11.6 Å². The fraction of sp³-hybridized carbons (Fsp3) is 0.269. The third-order valence-corrected chi connectivity index (χ3v) is 5.36. The second-order valence-electron chi connectivity index (χ2n) is 7.76. The van der Waals surface area contributed by atoms with Gasteiger partial charge in [0.15, 0.2) is 0 Å². The molecule has 1 saturated carbocycles. The van der Waals surface area contributed by atoms with E-state index in [4.69, 9.17) is 4.74 Å². The van der Waals surface area contributed by atoms with Crippen LogP contribution in [0.5, 0.6) is 5.75 Å². The van der Waals surface area contributed by atoms with Crippen molar-refractivity contribution < 1.29 is 13.9 Å². The van der Waals surface area contributed by atoms with Gasteiger partial charge in [0, 0.05) is 18.7 Å². The largest absolute Gasteiger partial charge is 0.494 e. The van der Waals surface area contributed by atoms with Gasteiger partial charge in [-0.25, -0.2) is 4.39 Å². The lowest BCUT2D eigenvalue weighted by Gasteiger charge is -2.24. The molecule has 0 atom stereocenters. The van der Waals surface area contributed by atoms with Crippen LogP contribution < -0.4 is 4.74 Å². The van der Waals surface area contributed by atoms with Gasteiger partial charge in [-0.2, -0.15) is 0 Å². The highest BCUT2D eigenvalue weighted by Crippen LogP contribution is 2.31. The molecule has 1 amide bonds. The molecule has 3 aromatic carbocycles. The molecule has 0 unspecified atom stereocenters. The van der Waals surface area contributed by atoms with Crippen LogP contribution in [0.25, 0.3) is 11.1 Å². The summed E-state index contributed by atoms with van der Waals surface area (Å²) in [5.41, 5.74) is 2.75. The number of hydrogen-bond donors (Lipinski definition) is 0. The molecule has 4 rings (SSSR count). The summed E-state index contributed by atoms with van der Waals surface area (Å²) in [6.45, 7) is 1.92. The van der Waals surface area contributed by atoms with Crippen LogP contribution >= 0.6 is 0 Å². The van der Waals surface area contributed by atoms with E-state index in [0.29, 0.717) is 24.8 Å². The second-order valence-corrected chi connectivity index (χ2v) is 7.76. The Kier molecular flexibility index (Phi) is 6.43. The summed E-state index contributed by atoms with van der Waals surface area (Å²) in [4.78, 5) is 15.4. The van der Waals surface area contributed by atoms with E-state index in [0.717, 1.165) is 29.7 Å². The maximum Gasteiger partial charge on any atom is 0.254 e. The molecule has 0 saturated heterocycles. The lowest BCUT2D eigenvalue weighted by Crippen LogP contribution is -2.34. The van der Waals surface area contributed by atoms with Crippen molar-refractivity contribution in [3.8, 4) is 16.9 Å². The van der Waals surface area contributed by atoms with Gasteiger partial charge in [-0.15, -0.1) is 0 Å². The molecule has 154 valence electrons. The number of carbonyl (C=O) groups excluding carboxylic acids is 1. The molecular formula is C26H26FNO2. The van der Waals surface area contributed by atoms with Crippen LogP contribution in [0.4, 0.5) is 4.39 Å². The molecule has 1 aliphatic carbocycles. The van der Waals surface area contributed by atoms with Crippen LogP contribution in [-0.4, -0.2) is 30.5 Å². The van der Waals surface area contributed by atoms with E-state index in [1.807, 2.05) is 59.5 Å². The van der Waals surface area contributed by atoms with Crippen molar-refractivity contribution in [1.82, 2.24) is 4.90 Å². The third kappa shape index (κ3) is 5.26. The lowest BCUT2D eigenvalue weighted by atomic mass is 9.98. The Morgan fingerprint density at radius 1 is 0.933 bits per heavy atom. The van der Waals surface area contributed by atoms with Crippen molar-refractivity contribution in [2.75, 3.05) is 19.7 Å². The van der Waals surface area contributed by atoms with E-state index in [9.17, 15) is 9.18 Å². The fourth-order valence-electron chi connectivity index (χ4n) is 3.57. The van der Waals surface area contributed by atoms with Gasteiger partial charge in [-0.05, 0) is 66.6 Å². The summed E-state index contributed by atoms with van der Waals surface area (Å²) in [7, 11) is 0. The molecule has 0 heterocycles. The van der Waals surface area contributed by atoms with E-state index in [1.54, 1.807) is 12.1 Å². The van der Waals surface area contributed by atoms with Gasteiger partial charge in [0.05, 0.1) is 6.61 Å². The summed E-state index contributed by atoms with van der Waals surface area (Å²) in [5.74, 6) is 1.05. The van der Waals surface area contributed by atoms with Gasteiger partial charge in [0.25, 0.3) is 5.91 Å². The molecule has 0 bridgehead atoms. The average molecular weight is 403 g/mol. The highest BCUT2D eigenvalue weighted by atomic mass is 19.1. The monoisotopic (exact) mass is 403 g/mol. The Labute approximate surface area is 177 Å². The average Bonchev–Trinajstić information content (AvgIpc) is 3.61. The Balaban J connectivity index is 1.43. The highest BCUT2D eigenvalue weighted by molar-refractivity contribution is 6.00. The second kappa shape index (κ2) is 9.57. The van der Waals surface area contributed by atoms with Crippen LogP contribution in [0.3, 0.4) is 0 Å². The van der Waals surface area contributed by atoms with E-state index in [1.165, 1.54) is 25.0 Å². The molecule has 0 spiro atoms. The predicted octanol–water partition coefficient (Wildman–Crippen LogP) is 5.81. The number of nitrogens with zero attached hydrogens (tertiary/aromatic N) is 1. The van der Waals surface area contributed by atoms with Gasteiger partial charge in [0.2, 0.25) is 0 Å². The molecule has 1 aliphatic rings. The molecular weight excluding hydrogens is 377 g/mol. The maximum absolute atomic E-state index is 13.4. The molecule has 4 heteroatoms. The number of amides is 1. The first kappa shape index (κ1) is 20.1. The van der Waals surface area contributed by atoms with Crippen LogP contribution in [-0.2, 0) is 0 Å². The summed E-state index contributed by atoms with van der Waals surface area (Å²) < 4.78 is 18.7. The first-order valence-corrected chi connectivity index (χ1v) is 10.5. The Bertz CT molecular complexity index is 968. The number of rotatable bonds is 9. The van der Waals surface area contributed by atoms with Crippen molar-refractivity contribution in [2.24, 2.45) is 5.92 Å². The minimum atomic E-state index is -0.277. The normalized spacial score (nSPS) is 13.1. The fourth-order valence-corrected chi connectivity index (χ4v) is 3.57. The van der Waals surface area contributed by atoms with Gasteiger partial charge in [-0.1, -0.05) is 48.5 Å². The molecule has 3 aromatic rings. The van der Waals surface area contributed by atoms with Crippen LogP contribution in [0.15, 0.2) is 78.9 Å². The Morgan fingerprint density at radius 3 is 2.37 bits per heavy atom. The van der Waals surface area contributed by atoms with Gasteiger partial charge >= 0.3 is 0 Å². The van der Waals surface area contributed by atoms with Crippen molar-refractivity contribution in [2.45, 2.75) is 19.3 Å². The molecule has 0 aromatic heterocycles. The van der Waals surface area contributed by atoms with Crippen molar-refractivity contribution in [3.05, 3.63) is 90.2 Å². The molecule has 30 heavy (non-hydrogen) atoms.